The first-order valence-corrected chi connectivity index (χ1v) is 5.71. The second kappa shape index (κ2) is 4.95. The van der Waals surface area contributed by atoms with Gasteiger partial charge in [0, 0.05) is 31.9 Å². The monoisotopic (exact) mass is 244 g/mol. The van der Waals surface area contributed by atoms with Gasteiger partial charge in [-0.05, 0) is 19.1 Å². The smallest absolute Gasteiger partial charge is 0.180 e. The average Bonchev–Trinajstić information content (AvgIpc) is 2.36. The summed E-state index contributed by atoms with van der Waals surface area (Å²) in [7, 11) is 1.93. The molecule has 1 unspecified atom stereocenters. The lowest BCUT2D eigenvalue weighted by Crippen LogP contribution is -2.33. The van der Waals surface area contributed by atoms with Crippen LogP contribution < -0.4 is 10.6 Å². The van der Waals surface area contributed by atoms with Crippen LogP contribution in [-0.4, -0.2) is 33.9 Å². The van der Waals surface area contributed by atoms with E-state index in [1.165, 1.54) is 0 Å². The number of anilines is 1. The van der Waals surface area contributed by atoms with Crippen LogP contribution in [0.5, 0.6) is 0 Å². The van der Waals surface area contributed by atoms with Crippen LogP contribution in [0, 0.1) is 5.41 Å². The number of nitrogens with two attached hydrogens (primary N) is 1. The SMILES string of the molecule is CC(CC(=N)N)N(C)c1ccc2nccnc2n1. The number of nitrogens with one attached hydrogen (secondary N) is 1. The van der Waals surface area contributed by atoms with Gasteiger partial charge in [-0.3, -0.25) is 10.4 Å². The van der Waals surface area contributed by atoms with Gasteiger partial charge in [-0.25, -0.2) is 9.97 Å². The van der Waals surface area contributed by atoms with Gasteiger partial charge in [0.05, 0.1) is 5.84 Å². The minimum absolute atomic E-state index is 0.115. The van der Waals surface area contributed by atoms with Gasteiger partial charge >= 0.3 is 0 Å². The third-order valence-corrected chi connectivity index (χ3v) is 2.85. The lowest BCUT2D eigenvalue weighted by molar-refractivity contribution is 0.701. The molecule has 0 saturated heterocycles. The second-order valence-corrected chi connectivity index (χ2v) is 4.26. The highest BCUT2D eigenvalue weighted by atomic mass is 15.2. The molecule has 0 aliphatic carbocycles. The van der Waals surface area contributed by atoms with E-state index in [1.54, 1.807) is 12.4 Å². The molecular weight excluding hydrogens is 228 g/mol. The van der Waals surface area contributed by atoms with Crippen molar-refractivity contribution < 1.29 is 0 Å². The topological polar surface area (TPSA) is 91.8 Å². The number of hydrogen-bond donors (Lipinski definition) is 2. The Morgan fingerprint density at radius 1 is 1.39 bits per heavy atom. The van der Waals surface area contributed by atoms with Crippen molar-refractivity contribution in [2.75, 3.05) is 11.9 Å². The molecule has 0 bridgehead atoms. The zero-order valence-electron chi connectivity index (χ0n) is 10.5. The van der Waals surface area contributed by atoms with Gasteiger partial charge < -0.3 is 10.6 Å². The summed E-state index contributed by atoms with van der Waals surface area (Å²) in [6.45, 7) is 2.00. The molecule has 2 heterocycles. The molecule has 2 aromatic rings. The molecule has 0 saturated carbocycles. The lowest BCUT2D eigenvalue weighted by Gasteiger charge is -2.25. The second-order valence-electron chi connectivity index (χ2n) is 4.26. The Morgan fingerprint density at radius 2 is 2.11 bits per heavy atom. The molecule has 6 heteroatoms. The van der Waals surface area contributed by atoms with Crippen LogP contribution in [0.15, 0.2) is 24.5 Å². The van der Waals surface area contributed by atoms with Crippen molar-refractivity contribution in [3.63, 3.8) is 0 Å². The fourth-order valence-corrected chi connectivity index (χ4v) is 1.72. The highest BCUT2D eigenvalue weighted by Crippen LogP contribution is 2.16. The summed E-state index contributed by atoms with van der Waals surface area (Å²) in [5, 5.41) is 7.32. The highest BCUT2D eigenvalue weighted by molar-refractivity contribution is 5.78. The van der Waals surface area contributed by atoms with Crippen molar-refractivity contribution in [2.24, 2.45) is 5.73 Å². The summed E-state index contributed by atoms with van der Waals surface area (Å²) in [4.78, 5) is 14.8. The Labute approximate surface area is 105 Å². The fraction of sp³-hybridized carbons (Fsp3) is 0.333. The van der Waals surface area contributed by atoms with Gasteiger partial charge in [0.1, 0.15) is 11.3 Å². The minimum atomic E-state index is 0.115. The van der Waals surface area contributed by atoms with Gasteiger partial charge in [-0.2, -0.15) is 0 Å². The summed E-state index contributed by atoms with van der Waals surface area (Å²) in [5.41, 5.74) is 6.81. The molecule has 6 nitrogen and oxygen atoms in total. The van der Waals surface area contributed by atoms with Crippen LogP contribution in [0.4, 0.5) is 5.82 Å². The fourth-order valence-electron chi connectivity index (χ4n) is 1.72. The van der Waals surface area contributed by atoms with Gasteiger partial charge in [0.15, 0.2) is 5.65 Å². The van der Waals surface area contributed by atoms with Crippen molar-refractivity contribution >= 4 is 22.8 Å². The predicted molar refractivity (Wildman–Crippen MR) is 71.7 cm³/mol. The van der Waals surface area contributed by atoms with E-state index in [1.807, 2.05) is 31.0 Å². The molecule has 0 radical (unpaired) electrons. The summed E-state index contributed by atoms with van der Waals surface area (Å²) in [6.07, 6.45) is 3.78. The molecule has 0 aromatic carbocycles. The number of nitrogens with zero attached hydrogens (tertiary/aromatic N) is 4. The first-order valence-electron chi connectivity index (χ1n) is 5.71. The van der Waals surface area contributed by atoms with Crippen molar-refractivity contribution in [1.82, 2.24) is 15.0 Å². The molecule has 2 rings (SSSR count). The van der Waals surface area contributed by atoms with E-state index in [9.17, 15) is 0 Å². The number of amidine groups is 1. The molecule has 0 aliphatic heterocycles. The van der Waals surface area contributed by atoms with Crippen LogP contribution in [0.2, 0.25) is 0 Å². The quantitative estimate of drug-likeness (QED) is 0.622. The molecule has 2 aromatic heterocycles. The standard InChI is InChI=1S/C12H16N6/c1-8(7-10(13)14)18(2)11-4-3-9-12(17-11)16-6-5-15-9/h3-6,8H,7H2,1-2H3,(H3,13,14). The maximum Gasteiger partial charge on any atom is 0.180 e. The molecule has 94 valence electrons. The predicted octanol–water partition coefficient (Wildman–Crippen LogP) is 1.18. The van der Waals surface area contributed by atoms with Gasteiger partial charge in [0.25, 0.3) is 0 Å². The van der Waals surface area contributed by atoms with Crippen LogP contribution in [0.25, 0.3) is 11.2 Å². The zero-order valence-corrected chi connectivity index (χ0v) is 10.5. The van der Waals surface area contributed by atoms with E-state index in [-0.39, 0.29) is 11.9 Å². The van der Waals surface area contributed by atoms with Crippen molar-refractivity contribution in [3.8, 4) is 0 Å². The minimum Gasteiger partial charge on any atom is -0.388 e. The number of pyridine rings is 1. The highest BCUT2D eigenvalue weighted by Gasteiger charge is 2.13. The average molecular weight is 244 g/mol. The Hall–Kier alpha value is -2.24. The first-order chi connectivity index (χ1) is 8.58. The van der Waals surface area contributed by atoms with Crippen molar-refractivity contribution in [2.45, 2.75) is 19.4 Å². The molecule has 1 atom stereocenters. The van der Waals surface area contributed by atoms with Gasteiger partial charge in [-0.1, -0.05) is 0 Å². The van der Waals surface area contributed by atoms with Crippen molar-refractivity contribution in [1.29, 1.82) is 5.41 Å². The zero-order chi connectivity index (χ0) is 13.1. The molecule has 18 heavy (non-hydrogen) atoms. The van der Waals surface area contributed by atoms with Crippen LogP contribution in [0.3, 0.4) is 0 Å². The Balaban J connectivity index is 2.27. The van der Waals surface area contributed by atoms with Gasteiger partial charge in [0.2, 0.25) is 0 Å². The van der Waals surface area contributed by atoms with Gasteiger partial charge in [-0.15, -0.1) is 0 Å². The lowest BCUT2D eigenvalue weighted by atomic mass is 10.2. The maximum absolute atomic E-state index is 7.32. The number of hydrogen-bond acceptors (Lipinski definition) is 5. The number of rotatable bonds is 4. The molecule has 0 amide bonds. The van der Waals surface area contributed by atoms with Crippen molar-refractivity contribution in [3.05, 3.63) is 24.5 Å². The first kappa shape index (κ1) is 12.2. The van der Waals surface area contributed by atoms with E-state index in [2.05, 4.69) is 15.0 Å². The van der Waals surface area contributed by atoms with Crippen LogP contribution in [0.1, 0.15) is 13.3 Å². The Kier molecular flexibility index (Phi) is 3.36. The summed E-state index contributed by atoms with van der Waals surface area (Å²) < 4.78 is 0. The molecule has 0 fully saturated rings. The van der Waals surface area contributed by atoms with Crippen LogP contribution >= 0.6 is 0 Å². The third kappa shape index (κ3) is 2.53. The van der Waals surface area contributed by atoms with E-state index >= 15 is 0 Å². The number of fused-ring (bicyclic) bond motifs is 1. The third-order valence-electron chi connectivity index (χ3n) is 2.85. The molecule has 0 aliphatic rings. The Morgan fingerprint density at radius 3 is 2.83 bits per heavy atom. The normalized spacial score (nSPS) is 12.3. The molecular formula is C12H16N6. The number of aromatic nitrogens is 3. The van der Waals surface area contributed by atoms with E-state index in [4.69, 9.17) is 11.1 Å². The largest absolute Gasteiger partial charge is 0.388 e. The van der Waals surface area contributed by atoms with E-state index in [0.717, 1.165) is 11.3 Å². The molecule has 3 N–H and O–H groups in total. The maximum atomic E-state index is 7.32. The van der Waals surface area contributed by atoms with E-state index in [0.29, 0.717) is 12.1 Å². The van der Waals surface area contributed by atoms with E-state index < -0.39 is 0 Å². The summed E-state index contributed by atoms with van der Waals surface area (Å²) in [6, 6.07) is 3.90. The van der Waals surface area contributed by atoms with Crippen LogP contribution in [-0.2, 0) is 0 Å². The summed E-state index contributed by atoms with van der Waals surface area (Å²) in [5.74, 6) is 0.978. The summed E-state index contributed by atoms with van der Waals surface area (Å²) >= 11 is 0. The Bertz CT molecular complexity index is 567. The molecule has 0 spiro atoms.